The third-order valence-corrected chi connectivity index (χ3v) is 3.19. The van der Waals surface area contributed by atoms with E-state index in [1.165, 1.54) is 6.07 Å². The summed E-state index contributed by atoms with van der Waals surface area (Å²) >= 11 is 0. The van der Waals surface area contributed by atoms with Gasteiger partial charge in [0, 0.05) is 6.07 Å². The number of ketones is 1. The summed E-state index contributed by atoms with van der Waals surface area (Å²) in [5.41, 5.74) is 1.54. The first-order chi connectivity index (χ1) is 10.1. The lowest BCUT2D eigenvalue weighted by molar-refractivity contribution is 0.0696. The monoisotopic (exact) mass is 284 g/mol. The molecule has 0 atom stereocenters. The summed E-state index contributed by atoms with van der Waals surface area (Å²) in [6.45, 7) is 0.313. The molecular weight excluding hydrogens is 272 g/mol. The quantitative estimate of drug-likeness (QED) is 0.934. The standard InChI is InChI=1S/C16H12O5/c17-14-9-21-15-7-12(4-5-13(14)15)20-8-10-2-1-3-11(6-10)16(18)19/h1-7H,8-9H2,(H,18,19). The summed E-state index contributed by atoms with van der Waals surface area (Å²) < 4.78 is 10.8. The van der Waals surface area contributed by atoms with Gasteiger partial charge >= 0.3 is 5.97 Å². The van der Waals surface area contributed by atoms with Gasteiger partial charge in [0.15, 0.2) is 6.61 Å². The van der Waals surface area contributed by atoms with Crippen LogP contribution in [0.5, 0.6) is 11.5 Å². The molecule has 21 heavy (non-hydrogen) atoms. The molecule has 0 saturated carbocycles. The molecule has 3 rings (SSSR count). The molecule has 0 bridgehead atoms. The van der Waals surface area contributed by atoms with Gasteiger partial charge in [0.2, 0.25) is 5.78 Å². The minimum absolute atomic E-state index is 0.0364. The van der Waals surface area contributed by atoms with Crippen LogP contribution in [-0.2, 0) is 6.61 Å². The first-order valence-electron chi connectivity index (χ1n) is 6.38. The van der Waals surface area contributed by atoms with E-state index in [0.29, 0.717) is 17.1 Å². The Morgan fingerprint density at radius 3 is 2.90 bits per heavy atom. The minimum atomic E-state index is -0.971. The van der Waals surface area contributed by atoms with Crippen LogP contribution in [0.3, 0.4) is 0 Å². The van der Waals surface area contributed by atoms with Crippen molar-refractivity contribution in [3.63, 3.8) is 0 Å². The zero-order valence-corrected chi connectivity index (χ0v) is 11.0. The first-order valence-corrected chi connectivity index (χ1v) is 6.38. The molecule has 0 fully saturated rings. The fourth-order valence-electron chi connectivity index (χ4n) is 2.12. The summed E-state index contributed by atoms with van der Waals surface area (Å²) in [4.78, 5) is 22.3. The summed E-state index contributed by atoms with van der Waals surface area (Å²) in [6, 6.07) is 11.6. The first kappa shape index (κ1) is 13.2. The van der Waals surface area contributed by atoms with E-state index in [9.17, 15) is 9.59 Å². The van der Waals surface area contributed by atoms with Crippen LogP contribution in [0, 0.1) is 0 Å². The van der Waals surface area contributed by atoms with E-state index in [-0.39, 0.29) is 24.6 Å². The lowest BCUT2D eigenvalue weighted by atomic mass is 10.1. The number of hydrogen-bond donors (Lipinski definition) is 1. The van der Waals surface area contributed by atoms with Crippen molar-refractivity contribution in [3.05, 3.63) is 59.2 Å². The average Bonchev–Trinajstić information content (AvgIpc) is 2.86. The molecule has 106 valence electrons. The largest absolute Gasteiger partial charge is 0.489 e. The van der Waals surface area contributed by atoms with Gasteiger partial charge in [-0.2, -0.15) is 0 Å². The highest BCUT2D eigenvalue weighted by molar-refractivity contribution is 6.02. The molecule has 5 nitrogen and oxygen atoms in total. The number of aromatic carboxylic acids is 1. The third kappa shape index (κ3) is 2.72. The van der Waals surface area contributed by atoms with Crippen LogP contribution >= 0.6 is 0 Å². The molecule has 0 spiro atoms. The Bertz CT molecular complexity index is 720. The smallest absolute Gasteiger partial charge is 0.335 e. The molecule has 1 aliphatic heterocycles. The average molecular weight is 284 g/mol. The van der Waals surface area contributed by atoms with Crippen LogP contribution in [0.1, 0.15) is 26.3 Å². The number of carbonyl (C=O) groups is 2. The topological polar surface area (TPSA) is 72.8 Å². The summed E-state index contributed by atoms with van der Waals surface area (Å²) in [5, 5.41) is 8.94. The molecule has 0 amide bonds. The van der Waals surface area contributed by atoms with Crippen molar-refractivity contribution >= 4 is 11.8 Å². The maximum Gasteiger partial charge on any atom is 0.335 e. The normalized spacial score (nSPS) is 12.7. The van der Waals surface area contributed by atoms with Gasteiger partial charge in [0.25, 0.3) is 0 Å². The summed E-state index contributed by atoms with van der Waals surface area (Å²) in [7, 11) is 0. The van der Waals surface area contributed by atoms with Crippen molar-refractivity contribution in [2.24, 2.45) is 0 Å². The number of ether oxygens (including phenoxy) is 2. The van der Waals surface area contributed by atoms with E-state index in [1.54, 1.807) is 36.4 Å². The number of carbonyl (C=O) groups excluding carboxylic acids is 1. The van der Waals surface area contributed by atoms with E-state index >= 15 is 0 Å². The molecule has 0 aliphatic carbocycles. The van der Waals surface area contributed by atoms with Crippen molar-refractivity contribution < 1.29 is 24.2 Å². The molecular formula is C16H12O5. The van der Waals surface area contributed by atoms with Crippen LogP contribution in [0.15, 0.2) is 42.5 Å². The molecule has 2 aromatic rings. The Labute approximate surface area is 120 Å². The van der Waals surface area contributed by atoms with Gasteiger partial charge in [-0.15, -0.1) is 0 Å². The Hall–Kier alpha value is -2.82. The Balaban J connectivity index is 1.72. The van der Waals surface area contributed by atoms with E-state index in [1.807, 2.05) is 0 Å². The zero-order chi connectivity index (χ0) is 14.8. The van der Waals surface area contributed by atoms with E-state index in [4.69, 9.17) is 14.6 Å². The number of carboxylic acid groups (broad SMARTS) is 1. The second kappa shape index (κ2) is 5.28. The van der Waals surface area contributed by atoms with Crippen LogP contribution in [0.2, 0.25) is 0 Å². The van der Waals surface area contributed by atoms with E-state index < -0.39 is 5.97 Å². The van der Waals surface area contributed by atoms with E-state index in [0.717, 1.165) is 5.56 Å². The SMILES string of the molecule is O=C(O)c1cccc(COc2ccc3c(c2)OCC3=O)c1. The minimum Gasteiger partial charge on any atom is -0.489 e. The molecule has 1 aliphatic rings. The van der Waals surface area contributed by atoms with Gasteiger partial charge in [0.1, 0.15) is 18.1 Å². The lowest BCUT2D eigenvalue weighted by Gasteiger charge is -2.08. The maximum atomic E-state index is 11.4. The predicted octanol–water partition coefficient (Wildman–Crippen LogP) is 2.54. The highest BCUT2D eigenvalue weighted by Crippen LogP contribution is 2.29. The van der Waals surface area contributed by atoms with Gasteiger partial charge in [-0.1, -0.05) is 12.1 Å². The van der Waals surface area contributed by atoms with Gasteiger partial charge < -0.3 is 14.6 Å². The van der Waals surface area contributed by atoms with Crippen molar-refractivity contribution in [2.45, 2.75) is 6.61 Å². The number of rotatable bonds is 4. The predicted molar refractivity (Wildman–Crippen MR) is 74.0 cm³/mol. The van der Waals surface area contributed by atoms with E-state index in [2.05, 4.69) is 0 Å². The Morgan fingerprint density at radius 2 is 2.10 bits per heavy atom. The molecule has 0 saturated heterocycles. The molecule has 0 unspecified atom stereocenters. The number of fused-ring (bicyclic) bond motifs is 1. The number of carboxylic acids is 1. The van der Waals surface area contributed by atoms with Crippen LogP contribution < -0.4 is 9.47 Å². The van der Waals surface area contributed by atoms with Crippen molar-refractivity contribution in [3.8, 4) is 11.5 Å². The van der Waals surface area contributed by atoms with Crippen molar-refractivity contribution in [2.75, 3.05) is 6.61 Å². The molecule has 1 heterocycles. The van der Waals surface area contributed by atoms with Crippen molar-refractivity contribution in [1.82, 2.24) is 0 Å². The number of hydrogen-bond acceptors (Lipinski definition) is 4. The maximum absolute atomic E-state index is 11.4. The highest BCUT2D eigenvalue weighted by atomic mass is 16.5. The second-order valence-corrected chi connectivity index (χ2v) is 4.66. The molecule has 5 heteroatoms. The van der Waals surface area contributed by atoms with Gasteiger partial charge in [-0.25, -0.2) is 4.79 Å². The van der Waals surface area contributed by atoms with Crippen LogP contribution in [-0.4, -0.2) is 23.5 Å². The molecule has 0 radical (unpaired) electrons. The van der Waals surface area contributed by atoms with Crippen LogP contribution in [0.25, 0.3) is 0 Å². The summed E-state index contributed by atoms with van der Waals surface area (Å²) in [6.07, 6.45) is 0. The van der Waals surface area contributed by atoms with Crippen LogP contribution in [0.4, 0.5) is 0 Å². The molecule has 2 aromatic carbocycles. The second-order valence-electron chi connectivity index (χ2n) is 4.66. The summed E-state index contributed by atoms with van der Waals surface area (Å²) in [5.74, 6) is 0.0907. The lowest BCUT2D eigenvalue weighted by Crippen LogP contribution is -2.00. The molecule has 1 N–H and O–H groups in total. The van der Waals surface area contributed by atoms with Gasteiger partial charge in [-0.05, 0) is 29.8 Å². The van der Waals surface area contributed by atoms with Gasteiger partial charge in [0.05, 0.1) is 11.1 Å². The third-order valence-electron chi connectivity index (χ3n) is 3.19. The fourth-order valence-corrected chi connectivity index (χ4v) is 2.12. The van der Waals surface area contributed by atoms with Crippen molar-refractivity contribution in [1.29, 1.82) is 0 Å². The Morgan fingerprint density at radius 1 is 1.24 bits per heavy atom. The number of benzene rings is 2. The molecule has 0 aromatic heterocycles. The van der Waals surface area contributed by atoms with Gasteiger partial charge in [-0.3, -0.25) is 4.79 Å². The number of Topliss-reactive ketones (excluding diaryl/α,β-unsaturated/α-hetero) is 1. The highest BCUT2D eigenvalue weighted by Gasteiger charge is 2.21. The Kier molecular flexibility index (Phi) is 3.31. The fraction of sp³-hybridized carbons (Fsp3) is 0.125. The zero-order valence-electron chi connectivity index (χ0n) is 11.0.